The number of rotatable bonds is 5. The van der Waals surface area contributed by atoms with Gasteiger partial charge in [0.05, 0.1) is 0 Å². The van der Waals surface area contributed by atoms with E-state index in [9.17, 15) is 4.79 Å². The van der Waals surface area contributed by atoms with Crippen molar-refractivity contribution >= 4 is 17.7 Å². The standard InChI is InChI=1S/C9H16N2OS/c12-9(7-1-2-7)11-4-3-10-8-5-13-6-8/h7-8,10H,1-6H2,(H,11,12). The lowest BCUT2D eigenvalue weighted by Gasteiger charge is -2.25. The summed E-state index contributed by atoms with van der Waals surface area (Å²) in [5.41, 5.74) is 0. The molecule has 74 valence electrons. The second kappa shape index (κ2) is 4.33. The summed E-state index contributed by atoms with van der Waals surface area (Å²) >= 11 is 1.97. The second-order valence-electron chi connectivity index (χ2n) is 3.75. The first-order valence-corrected chi connectivity index (χ1v) is 6.10. The van der Waals surface area contributed by atoms with Crippen LogP contribution in [0.5, 0.6) is 0 Å². The maximum Gasteiger partial charge on any atom is 0.223 e. The minimum absolute atomic E-state index is 0.254. The minimum atomic E-state index is 0.254. The summed E-state index contributed by atoms with van der Waals surface area (Å²) in [6.07, 6.45) is 2.19. The van der Waals surface area contributed by atoms with Crippen molar-refractivity contribution in [2.45, 2.75) is 18.9 Å². The summed E-state index contributed by atoms with van der Waals surface area (Å²) in [6.45, 7) is 1.71. The van der Waals surface area contributed by atoms with Gasteiger partial charge in [0.2, 0.25) is 5.91 Å². The molecule has 1 heterocycles. The Kier molecular flexibility index (Phi) is 3.11. The molecule has 0 radical (unpaired) electrons. The first-order valence-electron chi connectivity index (χ1n) is 4.95. The topological polar surface area (TPSA) is 41.1 Å². The maximum absolute atomic E-state index is 11.2. The van der Waals surface area contributed by atoms with Gasteiger partial charge in [-0.05, 0) is 12.8 Å². The molecule has 0 aromatic carbocycles. The third-order valence-corrected chi connectivity index (χ3v) is 3.72. The Labute approximate surface area is 83.0 Å². The van der Waals surface area contributed by atoms with Crippen LogP contribution in [0, 0.1) is 5.92 Å². The molecule has 1 saturated carbocycles. The van der Waals surface area contributed by atoms with Gasteiger partial charge in [0.25, 0.3) is 0 Å². The third-order valence-electron chi connectivity index (χ3n) is 2.44. The van der Waals surface area contributed by atoms with E-state index in [0.717, 1.165) is 25.9 Å². The predicted octanol–water partition coefficient (Wildman–Crippen LogP) is 0.218. The number of carbonyl (C=O) groups excluding carboxylic acids is 1. The fourth-order valence-corrected chi connectivity index (χ4v) is 2.01. The summed E-state index contributed by atoms with van der Waals surface area (Å²) in [4.78, 5) is 11.2. The summed E-state index contributed by atoms with van der Waals surface area (Å²) in [5, 5.41) is 6.34. The van der Waals surface area contributed by atoms with Gasteiger partial charge in [0.15, 0.2) is 0 Å². The molecule has 0 spiro atoms. The van der Waals surface area contributed by atoms with E-state index in [-0.39, 0.29) is 5.91 Å². The molecule has 4 heteroatoms. The van der Waals surface area contributed by atoms with Gasteiger partial charge < -0.3 is 10.6 Å². The smallest absolute Gasteiger partial charge is 0.223 e. The summed E-state index contributed by atoms with van der Waals surface area (Å²) in [6, 6.07) is 0.697. The zero-order chi connectivity index (χ0) is 9.10. The van der Waals surface area contributed by atoms with Gasteiger partial charge in [-0.25, -0.2) is 0 Å². The fourth-order valence-electron chi connectivity index (χ4n) is 1.31. The molecule has 0 unspecified atom stereocenters. The van der Waals surface area contributed by atoms with E-state index >= 15 is 0 Å². The van der Waals surface area contributed by atoms with Crippen LogP contribution in [0.25, 0.3) is 0 Å². The highest BCUT2D eigenvalue weighted by molar-refractivity contribution is 8.00. The molecule has 0 aromatic rings. The van der Waals surface area contributed by atoms with Crippen LogP contribution in [0.1, 0.15) is 12.8 Å². The highest BCUT2D eigenvalue weighted by Gasteiger charge is 2.29. The molecule has 2 fully saturated rings. The lowest BCUT2D eigenvalue weighted by Crippen LogP contribution is -2.44. The quantitative estimate of drug-likeness (QED) is 0.624. The number of hydrogen-bond donors (Lipinski definition) is 2. The van der Waals surface area contributed by atoms with E-state index in [1.165, 1.54) is 11.5 Å². The first kappa shape index (κ1) is 9.34. The monoisotopic (exact) mass is 200 g/mol. The molecule has 1 aliphatic heterocycles. The van der Waals surface area contributed by atoms with E-state index in [1.54, 1.807) is 0 Å². The van der Waals surface area contributed by atoms with Crippen LogP contribution in [0.3, 0.4) is 0 Å². The maximum atomic E-state index is 11.2. The van der Waals surface area contributed by atoms with Crippen molar-refractivity contribution in [2.75, 3.05) is 24.6 Å². The average Bonchev–Trinajstić information content (AvgIpc) is 2.82. The van der Waals surface area contributed by atoms with Gasteiger partial charge in [-0.1, -0.05) is 0 Å². The Morgan fingerprint density at radius 1 is 1.31 bits per heavy atom. The van der Waals surface area contributed by atoms with Crippen LogP contribution in [0.2, 0.25) is 0 Å². The van der Waals surface area contributed by atoms with E-state index in [4.69, 9.17) is 0 Å². The predicted molar refractivity (Wildman–Crippen MR) is 54.8 cm³/mol. The van der Waals surface area contributed by atoms with E-state index < -0.39 is 0 Å². The van der Waals surface area contributed by atoms with Gasteiger partial charge >= 0.3 is 0 Å². The summed E-state index contributed by atoms with van der Waals surface area (Å²) in [5.74, 6) is 3.07. The molecule has 0 aromatic heterocycles. The molecular formula is C9H16N2OS. The lowest BCUT2D eigenvalue weighted by atomic mass is 10.3. The molecule has 1 aliphatic carbocycles. The molecule has 0 bridgehead atoms. The molecule has 2 N–H and O–H groups in total. The molecule has 3 nitrogen and oxygen atoms in total. The fraction of sp³-hybridized carbons (Fsp3) is 0.889. The first-order chi connectivity index (χ1) is 6.36. The lowest BCUT2D eigenvalue weighted by molar-refractivity contribution is -0.122. The second-order valence-corrected chi connectivity index (χ2v) is 4.83. The molecule has 1 saturated heterocycles. The SMILES string of the molecule is O=C(NCCNC1CSC1)C1CC1. The Morgan fingerprint density at radius 2 is 2.08 bits per heavy atom. The van der Waals surface area contributed by atoms with Crippen molar-refractivity contribution in [3.8, 4) is 0 Å². The highest BCUT2D eigenvalue weighted by Crippen LogP contribution is 2.28. The van der Waals surface area contributed by atoms with Crippen LogP contribution >= 0.6 is 11.8 Å². The minimum Gasteiger partial charge on any atom is -0.355 e. The average molecular weight is 200 g/mol. The van der Waals surface area contributed by atoms with Crippen molar-refractivity contribution in [3.63, 3.8) is 0 Å². The van der Waals surface area contributed by atoms with Gasteiger partial charge in [-0.3, -0.25) is 4.79 Å². The van der Waals surface area contributed by atoms with Gasteiger partial charge in [0, 0.05) is 36.6 Å². The number of amides is 1. The van der Waals surface area contributed by atoms with Crippen molar-refractivity contribution in [1.29, 1.82) is 0 Å². The van der Waals surface area contributed by atoms with E-state index in [0.29, 0.717) is 12.0 Å². The van der Waals surface area contributed by atoms with E-state index in [1.807, 2.05) is 11.8 Å². The number of thioether (sulfide) groups is 1. The molecule has 2 rings (SSSR count). The van der Waals surface area contributed by atoms with Crippen LogP contribution in [0.4, 0.5) is 0 Å². The molecule has 13 heavy (non-hydrogen) atoms. The molecule has 1 amide bonds. The zero-order valence-corrected chi connectivity index (χ0v) is 8.53. The zero-order valence-electron chi connectivity index (χ0n) is 7.71. The number of hydrogen-bond acceptors (Lipinski definition) is 3. The normalized spacial score (nSPS) is 22.5. The summed E-state index contributed by atoms with van der Waals surface area (Å²) < 4.78 is 0. The third kappa shape index (κ3) is 2.88. The van der Waals surface area contributed by atoms with Crippen molar-refractivity contribution in [1.82, 2.24) is 10.6 Å². The molecular weight excluding hydrogens is 184 g/mol. The Balaban J connectivity index is 1.45. The number of nitrogens with one attached hydrogen (secondary N) is 2. The van der Waals surface area contributed by atoms with Crippen molar-refractivity contribution in [2.24, 2.45) is 5.92 Å². The molecule has 2 aliphatic rings. The summed E-state index contributed by atoms with van der Waals surface area (Å²) in [7, 11) is 0. The van der Waals surface area contributed by atoms with Gasteiger partial charge in [0.1, 0.15) is 0 Å². The largest absolute Gasteiger partial charge is 0.355 e. The highest BCUT2D eigenvalue weighted by atomic mass is 32.2. The van der Waals surface area contributed by atoms with Crippen LogP contribution < -0.4 is 10.6 Å². The van der Waals surface area contributed by atoms with Crippen LogP contribution in [0.15, 0.2) is 0 Å². The Hall–Kier alpha value is -0.220. The van der Waals surface area contributed by atoms with Crippen LogP contribution in [-0.2, 0) is 4.79 Å². The van der Waals surface area contributed by atoms with Gasteiger partial charge in [-0.2, -0.15) is 11.8 Å². The van der Waals surface area contributed by atoms with E-state index in [2.05, 4.69) is 10.6 Å². The van der Waals surface area contributed by atoms with Crippen molar-refractivity contribution < 1.29 is 4.79 Å². The molecule has 0 atom stereocenters. The van der Waals surface area contributed by atoms with Crippen LogP contribution in [-0.4, -0.2) is 36.5 Å². The number of carbonyl (C=O) groups is 1. The Bertz CT molecular complexity index is 190. The Morgan fingerprint density at radius 3 is 2.62 bits per heavy atom. The van der Waals surface area contributed by atoms with Gasteiger partial charge in [-0.15, -0.1) is 0 Å². The van der Waals surface area contributed by atoms with Crippen molar-refractivity contribution in [3.05, 3.63) is 0 Å².